The predicted octanol–water partition coefficient (Wildman–Crippen LogP) is 1.68. The van der Waals surface area contributed by atoms with E-state index in [1.165, 1.54) is 0 Å². The maximum atomic E-state index is 11.9. The molecule has 6 heteroatoms. The van der Waals surface area contributed by atoms with Crippen LogP contribution in [-0.4, -0.2) is 25.2 Å². The molecule has 72 valence electrons. The van der Waals surface area contributed by atoms with Gasteiger partial charge in [0.15, 0.2) is 5.78 Å². The molecule has 0 radical (unpaired) electrons. The molecule has 2 aromatic rings. The molecule has 0 aliphatic heterocycles. The van der Waals surface area contributed by atoms with Crippen LogP contribution in [0.3, 0.4) is 0 Å². The standard InChI is InChI=1S/C8H6BrN3OS/c9-4-1-2-5-6(7(4)13)12-3-10-11-8(12)14-5/h3-4H,1-2H2. The summed E-state index contributed by atoms with van der Waals surface area (Å²) >= 11 is 4.94. The quantitative estimate of drug-likeness (QED) is 0.685. The largest absolute Gasteiger partial charge is 0.291 e. The van der Waals surface area contributed by atoms with Gasteiger partial charge in [0, 0.05) is 4.88 Å². The SMILES string of the molecule is O=C1c2c(sc3nncn23)CCC1Br. The van der Waals surface area contributed by atoms with Gasteiger partial charge in [0.25, 0.3) is 0 Å². The Morgan fingerprint density at radius 1 is 1.64 bits per heavy atom. The van der Waals surface area contributed by atoms with E-state index in [0.29, 0.717) is 0 Å². The van der Waals surface area contributed by atoms with Crippen LogP contribution in [0, 0.1) is 0 Å². The normalized spacial score (nSPS) is 21.5. The third-order valence-electron chi connectivity index (χ3n) is 2.38. The Kier molecular flexibility index (Phi) is 1.75. The summed E-state index contributed by atoms with van der Waals surface area (Å²) in [5.74, 6) is 0.150. The number of carbonyl (C=O) groups excluding carboxylic acids is 1. The van der Waals surface area contributed by atoms with Crippen molar-refractivity contribution in [2.24, 2.45) is 0 Å². The summed E-state index contributed by atoms with van der Waals surface area (Å²) < 4.78 is 1.79. The van der Waals surface area contributed by atoms with Crippen molar-refractivity contribution in [3.05, 3.63) is 16.9 Å². The van der Waals surface area contributed by atoms with Crippen LogP contribution in [0.4, 0.5) is 0 Å². The smallest absolute Gasteiger partial charge is 0.216 e. The highest BCUT2D eigenvalue weighted by Gasteiger charge is 2.29. The molecule has 0 saturated heterocycles. The minimum absolute atomic E-state index is 0.0461. The molecule has 0 N–H and O–H groups in total. The molecule has 14 heavy (non-hydrogen) atoms. The van der Waals surface area contributed by atoms with E-state index < -0.39 is 0 Å². The van der Waals surface area contributed by atoms with Gasteiger partial charge in [-0.25, -0.2) is 0 Å². The van der Waals surface area contributed by atoms with Gasteiger partial charge in [-0.3, -0.25) is 9.20 Å². The summed E-state index contributed by atoms with van der Waals surface area (Å²) in [4.78, 5) is 13.8. The lowest BCUT2D eigenvalue weighted by Crippen LogP contribution is -2.22. The Morgan fingerprint density at radius 2 is 2.50 bits per heavy atom. The van der Waals surface area contributed by atoms with E-state index in [-0.39, 0.29) is 10.6 Å². The van der Waals surface area contributed by atoms with Gasteiger partial charge >= 0.3 is 0 Å². The average molecular weight is 272 g/mol. The lowest BCUT2D eigenvalue weighted by molar-refractivity contribution is 0.0976. The number of fused-ring (bicyclic) bond motifs is 3. The zero-order valence-corrected chi connectivity index (χ0v) is 9.51. The van der Waals surface area contributed by atoms with Crippen molar-refractivity contribution in [2.45, 2.75) is 17.7 Å². The summed E-state index contributed by atoms with van der Waals surface area (Å²) in [6, 6.07) is 0. The number of Topliss-reactive ketones (excluding diaryl/α,β-unsaturated/α-hetero) is 1. The fourth-order valence-corrected chi connectivity index (χ4v) is 3.21. The molecule has 1 atom stereocenters. The second kappa shape index (κ2) is 2.87. The number of alkyl halides is 1. The molecule has 0 bridgehead atoms. The number of halogens is 1. The molecule has 2 heterocycles. The van der Waals surface area contributed by atoms with E-state index in [1.807, 2.05) is 0 Å². The molecular formula is C8H6BrN3OS. The summed E-state index contributed by atoms with van der Waals surface area (Å²) in [6.45, 7) is 0. The number of ketones is 1. The van der Waals surface area contributed by atoms with Gasteiger partial charge < -0.3 is 0 Å². The summed E-state index contributed by atoms with van der Waals surface area (Å²) in [5.41, 5.74) is 0.767. The van der Waals surface area contributed by atoms with Crippen LogP contribution in [0.15, 0.2) is 6.33 Å². The minimum Gasteiger partial charge on any atom is -0.291 e. The summed E-state index contributed by atoms with van der Waals surface area (Å²) in [5, 5.41) is 7.73. The molecular weight excluding hydrogens is 266 g/mol. The maximum absolute atomic E-state index is 11.9. The number of hydrogen-bond acceptors (Lipinski definition) is 4. The first-order valence-electron chi connectivity index (χ1n) is 4.27. The van der Waals surface area contributed by atoms with Gasteiger partial charge in [0.05, 0.1) is 4.83 Å². The van der Waals surface area contributed by atoms with E-state index in [0.717, 1.165) is 28.4 Å². The number of hydrogen-bond donors (Lipinski definition) is 0. The predicted molar refractivity (Wildman–Crippen MR) is 56.2 cm³/mol. The maximum Gasteiger partial charge on any atom is 0.216 e. The number of carbonyl (C=O) groups is 1. The van der Waals surface area contributed by atoms with Gasteiger partial charge in [-0.1, -0.05) is 27.3 Å². The lowest BCUT2D eigenvalue weighted by Gasteiger charge is -2.14. The molecule has 4 nitrogen and oxygen atoms in total. The number of nitrogens with zero attached hydrogens (tertiary/aromatic N) is 3. The molecule has 1 aliphatic carbocycles. The van der Waals surface area contributed by atoms with Crippen molar-refractivity contribution in [1.29, 1.82) is 0 Å². The Labute approximate surface area is 92.1 Å². The number of aryl methyl sites for hydroxylation is 1. The van der Waals surface area contributed by atoms with Gasteiger partial charge in [0.2, 0.25) is 4.96 Å². The van der Waals surface area contributed by atoms with Gasteiger partial charge in [-0.2, -0.15) is 0 Å². The van der Waals surface area contributed by atoms with Crippen molar-refractivity contribution in [2.75, 3.05) is 0 Å². The highest BCUT2D eigenvalue weighted by Crippen LogP contribution is 2.31. The Bertz CT molecular complexity index is 518. The van der Waals surface area contributed by atoms with Crippen molar-refractivity contribution >= 4 is 38.0 Å². The van der Waals surface area contributed by atoms with Crippen molar-refractivity contribution in [3.63, 3.8) is 0 Å². The lowest BCUT2D eigenvalue weighted by atomic mass is 10.0. The van der Waals surface area contributed by atoms with E-state index in [9.17, 15) is 4.79 Å². The summed E-state index contributed by atoms with van der Waals surface area (Å²) in [6.07, 6.45) is 3.43. The first-order valence-corrected chi connectivity index (χ1v) is 6.00. The molecule has 3 rings (SSSR count). The molecule has 0 saturated carbocycles. The van der Waals surface area contributed by atoms with Crippen LogP contribution in [-0.2, 0) is 6.42 Å². The number of thiazole rings is 1. The van der Waals surface area contributed by atoms with Crippen LogP contribution < -0.4 is 0 Å². The van der Waals surface area contributed by atoms with Crippen LogP contribution in [0.5, 0.6) is 0 Å². The van der Waals surface area contributed by atoms with Crippen molar-refractivity contribution in [3.8, 4) is 0 Å². The molecule has 2 aromatic heterocycles. The summed E-state index contributed by atoms with van der Waals surface area (Å²) in [7, 11) is 0. The fraction of sp³-hybridized carbons (Fsp3) is 0.375. The topological polar surface area (TPSA) is 47.3 Å². The van der Waals surface area contributed by atoms with Crippen LogP contribution >= 0.6 is 27.3 Å². The van der Waals surface area contributed by atoms with Crippen LogP contribution in [0.1, 0.15) is 21.8 Å². The van der Waals surface area contributed by atoms with Gasteiger partial charge in [-0.15, -0.1) is 10.2 Å². The Hall–Kier alpha value is -0.750. The Morgan fingerprint density at radius 3 is 3.36 bits per heavy atom. The van der Waals surface area contributed by atoms with Gasteiger partial charge in [-0.05, 0) is 12.8 Å². The van der Waals surface area contributed by atoms with Crippen LogP contribution in [0.25, 0.3) is 4.96 Å². The highest BCUT2D eigenvalue weighted by molar-refractivity contribution is 9.10. The van der Waals surface area contributed by atoms with Gasteiger partial charge in [0.1, 0.15) is 12.0 Å². The van der Waals surface area contributed by atoms with E-state index >= 15 is 0 Å². The third-order valence-corrected chi connectivity index (χ3v) is 4.36. The monoisotopic (exact) mass is 271 g/mol. The molecule has 0 fully saturated rings. The average Bonchev–Trinajstić information content (AvgIpc) is 2.70. The second-order valence-electron chi connectivity index (χ2n) is 3.23. The zero-order chi connectivity index (χ0) is 9.71. The molecule has 1 aliphatic rings. The zero-order valence-electron chi connectivity index (χ0n) is 7.11. The first kappa shape index (κ1) is 8.55. The van der Waals surface area contributed by atoms with E-state index in [4.69, 9.17) is 0 Å². The fourth-order valence-electron chi connectivity index (χ4n) is 1.70. The van der Waals surface area contributed by atoms with Crippen molar-refractivity contribution < 1.29 is 4.79 Å². The Balaban J connectivity index is 2.33. The highest BCUT2D eigenvalue weighted by atomic mass is 79.9. The number of aromatic nitrogens is 3. The minimum atomic E-state index is -0.0461. The third kappa shape index (κ3) is 1.01. The molecule has 1 unspecified atom stereocenters. The second-order valence-corrected chi connectivity index (χ2v) is 5.40. The van der Waals surface area contributed by atoms with Crippen molar-refractivity contribution in [1.82, 2.24) is 14.6 Å². The van der Waals surface area contributed by atoms with E-state index in [1.54, 1.807) is 22.1 Å². The molecule has 0 aromatic carbocycles. The van der Waals surface area contributed by atoms with Crippen LogP contribution in [0.2, 0.25) is 0 Å². The molecule has 0 spiro atoms. The van der Waals surface area contributed by atoms with E-state index in [2.05, 4.69) is 26.1 Å². The number of rotatable bonds is 0. The first-order chi connectivity index (χ1) is 6.77. The molecule has 0 amide bonds.